The van der Waals surface area contributed by atoms with Crippen LogP contribution >= 0.6 is 11.6 Å². The van der Waals surface area contributed by atoms with Gasteiger partial charge >= 0.3 is 0 Å². The van der Waals surface area contributed by atoms with Gasteiger partial charge < -0.3 is 4.90 Å². The second kappa shape index (κ2) is 11.0. The van der Waals surface area contributed by atoms with Crippen LogP contribution in [0.2, 0.25) is 5.15 Å². The maximum absolute atomic E-state index is 6.50. The first-order chi connectivity index (χ1) is 15.9. The van der Waals surface area contributed by atoms with Crippen LogP contribution in [0.4, 0.5) is 0 Å². The van der Waals surface area contributed by atoms with Gasteiger partial charge in [0.2, 0.25) is 0 Å². The largest absolute Gasteiger partial charge is 0.303 e. The van der Waals surface area contributed by atoms with Crippen molar-refractivity contribution in [3.05, 3.63) is 41.5 Å². The molecule has 3 atom stereocenters. The monoisotopic (exact) mass is 469 g/mol. The van der Waals surface area contributed by atoms with Crippen molar-refractivity contribution in [2.75, 3.05) is 13.6 Å². The number of nitrogens with zero attached hydrogens (tertiary/aromatic N) is 3. The summed E-state index contributed by atoms with van der Waals surface area (Å²) in [4.78, 5) is 12.1. The molecule has 0 amide bonds. The second-order valence-electron chi connectivity index (χ2n) is 11.1. The zero-order valence-corrected chi connectivity index (χ0v) is 21.8. The molecule has 1 aliphatic heterocycles. The minimum atomic E-state index is 0.253. The van der Waals surface area contributed by atoms with Gasteiger partial charge in [0.25, 0.3) is 0 Å². The first-order valence-electron chi connectivity index (χ1n) is 13.5. The van der Waals surface area contributed by atoms with Crippen molar-refractivity contribution >= 4 is 17.2 Å². The van der Waals surface area contributed by atoms with Crippen LogP contribution in [0.25, 0.3) is 5.57 Å². The van der Waals surface area contributed by atoms with Crippen LogP contribution in [0.15, 0.2) is 24.8 Å². The van der Waals surface area contributed by atoms with Crippen molar-refractivity contribution in [1.82, 2.24) is 14.9 Å². The number of hydrogen-bond donors (Lipinski definition) is 0. The summed E-state index contributed by atoms with van der Waals surface area (Å²) in [5.74, 6) is 1.62. The van der Waals surface area contributed by atoms with Gasteiger partial charge in [0, 0.05) is 17.7 Å². The molecule has 3 aliphatic rings. The molecule has 2 unspecified atom stereocenters. The SMILES string of the molecule is C=C(c1nc(Cl)cc(CCC2CCCN2C)n1)C(CCC)C(=C)[C@H]1CCCCC12CCCC2. The fourth-order valence-corrected chi connectivity index (χ4v) is 7.43. The smallest absolute Gasteiger partial charge is 0.157 e. The highest BCUT2D eigenvalue weighted by Gasteiger charge is 2.45. The second-order valence-corrected chi connectivity index (χ2v) is 11.5. The summed E-state index contributed by atoms with van der Waals surface area (Å²) >= 11 is 6.50. The van der Waals surface area contributed by atoms with Crippen LogP contribution < -0.4 is 0 Å². The summed E-state index contributed by atoms with van der Waals surface area (Å²) in [6.45, 7) is 12.8. The Bertz CT molecular complexity index is 841. The fraction of sp³-hybridized carbons (Fsp3) is 0.724. The third-order valence-corrected chi connectivity index (χ3v) is 9.28. The molecule has 2 heterocycles. The Morgan fingerprint density at radius 3 is 2.52 bits per heavy atom. The number of aryl methyl sites for hydroxylation is 1. The first kappa shape index (κ1) is 24.9. The summed E-state index contributed by atoms with van der Waals surface area (Å²) in [6, 6.07) is 2.61. The quantitative estimate of drug-likeness (QED) is 0.272. The van der Waals surface area contributed by atoms with E-state index >= 15 is 0 Å². The summed E-state index contributed by atoms with van der Waals surface area (Å²) in [6.07, 6.45) is 17.8. The Hall–Kier alpha value is -1.19. The minimum absolute atomic E-state index is 0.253. The molecule has 0 N–H and O–H groups in total. The predicted octanol–water partition coefficient (Wildman–Crippen LogP) is 7.89. The van der Waals surface area contributed by atoms with Gasteiger partial charge in [-0.2, -0.15) is 0 Å². The number of aromatic nitrogens is 2. The van der Waals surface area contributed by atoms with Crippen LogP contribution in [0.3, 0.4) is 0 Å². The van der Waals surface area contributed by atoms with Gasteiger partial charge in [0.1, 0.15) is 5.15 Å². The molecule has 0 aromatic carbocycles. The average molecular weight is 470 g/mol. The Morgan fingerprint density at radius 1 is 1.12 bits per heavy atom. The van der Waals surface area contributed by atoms with Crippen molar-refractivity contribution in [2.24, 2.45) is 17.3 Å². The molecule has 1 aromatic heterocycles. The Morgan fingerprint density at radius 2 is 1.85 bits per heavy atom. The topological polar surface area (TPSA) is 29.0 Å². The highest BCUT2D eigenvalue weighted by atomic mass is 35.5. The molecule has 3 nitrogen and oxygen atoms in total. The highest BCUT2D eigenvalue weighted by molar-refractivity contribution is 6.29. The first-order valence-corrected chi connectivity index (χ1v) is 13.9. The van der Waals surface area contributed by atoms with E-state index in [4.69, 9.17) is 23.2 Å². The van der Waals surface area contributed by atoms with E-state index < -0.39 is 0 Å². The van der Waals surface area contributed by atoms with Gasteiger partial charge in [0.05, 0.1) is 0 Å². The molecule has 2 aliphatic carbocycles. The lowest BCUT2D eigenvalue weighted by Gasteiger charge is -2.45. The molecule has 33 heavy (non-hydrogen) atoms. The van der Waals surface area contributed by atoms with E-state index in [2.05, 4.69) is 30.4 Å². The molecule has 1 aromatic rings. The van der Waals surface area contributed by atoms with Crippen LogP contribution in [0, 0.1) is 17.3 Å². The van der Waals surface area contributed by atoms with E-state index in [1.165, 1.54) is 76.3 Å². The van der Waals surface area contributed by atoms with Gasteiger partial charge in [-0.3, -0.25) is 0 Å². The van der Waals surface area contributed by atoms with Gasteiger partial charge in [-0.05, 0) is 94.4 Å². The van der Waals surface area contributed by atoms with Crippen LogP contribution in [0.1, 0.15) is 102 Å². The summed E-state index contributed by atoms with van der Waals surface area (Å²) < 4.78 is 0. The molecule has 182 valence electrons. The van der Waals surface area contributed by atoms with Crippen LogP contribution in [-0.4, -0.2) is 34.5 Å². The van der Waals surface area contributed by atoms with Crippen LogP contribution in [0.5, 0.6) is 0 Å². The standard InChI is InChI=1S/C29H44ClN3/c1-5-11-25(21(2)26-13-6-7-16-29(26)17-8-9-18-29)22(3)28-31-23(20-27(30)32-28)14-15-24-12-10-19-33(24)4/h20,24-26H,2-3,5-19H2,1,4H3/t24?,25?,26-/m1/s1. The Balaban J connectivity index is 1.52. The maximum Gasteiger partial charge on any atom is 0.157 e. The predicted molar refractivity (Wildman–Crippen MR) is 140 cm³/mol. The van der Waals surface area contributed by atoms with Gasteiger partial charge in [-0.1, -0.05) is 69.4 Å². The van der Waals surface area contributed by atoms with E-state index in [-0.39, 0.29) is 5.92 Å². The molecule has 1 spiro atoms. The molecule has 1 saturated heterocycles. The van der Waals surface area contributed by atoms with Crippen LogP contribution in [-0.2, 0) is 6.42 Å². The lowest BCUT2D eigenvalue weighted by Crippen LogP contribution is -2.34. The lowest BCUT2D eigenvalue weighted by atomic mass is 9.60. The summed E-state index contributed by atoms with van der Waals surface area (Å²) in [7, 11) is 2.24. The molecule has 0 bridgehead atoms. The van der Waals surface area contributed by atoms with Crippen molar-refractivity contribution in [2.45, 2.75) is 103 Å². The van der Waals surface area contributed by atoms with Gasteiger partial charge in [0.15, 0.2) is 5.82 Å². The number of likely N-dealkylation sites (tertiary alicyclic amines) is 1. The van der Waals surface area contributed by atoms with Gasteiger partial charge in [-0.25, -0.2) is 9.97 Å². The van der Waals surface area contributed by atoms with Crippen molar-refractivity contribution in [3.8, 4) is 0 Å². The molecular formula is C29H44ClN3. The highest BCUT2D eigenvalue weighted by Crippen LogP contribution is 2.56. The normalized spacial score (nSPS) is 26.0. The third kappa shape index (κ3) is 5.56. The van der Waals surface area contributed by atoms with Gasteiger partial charge in [-0.15, -0.1) is 0 Å². The summed E-state index contributed by atoms with van der Waals surface area (Å²) in [5, 5.41) is 0.543. The molecule has 3 fully saturated rings. The average Bonchev–Trinajstić information content (AvgIpc) is 3.44. The number of allylic oxidation sites excluding steroid dienone is 2. The van der Waals surface area contributed by atoms with E-state index in [1.807, 2.05) is 6.07 Å². The Kier molecular flexibility index (Phi) is 8.33. The van der Waals surface area contributed by atoms with E-state index in [9.17, 15) is 0 Å². The molecular weight excluding hydrogens is 426 g/mol. The summed E-state index contributed by atoms with van der Waals surface area (Å²) in [5.41, 5.74) is 3.98. The molecule has 4 heteroatoms. The fourth-order valence-electron chi connectivity index (χ4n) is 7.23. The Labute approximate surface area is 207 Å². The van der Waals surface area contributed by atoms with Crippen molar-refractivity contribution in [3.63, 3.8) is 0 Å². The maximum atomic E-state index is 6.50. The van der Waals surface area contributed by atoms with Crippen molar-refractivity contribution < 1.29 is 0 Å². The molecule has 0 radical (unpaired) electrons. The zero-order chi connectivity index (χ0) is 23.4. The zero-order valence-electron chi connectivity index (χ0n) is 21.0. The van der Waals surface area contributed by atoms with E-state index in [0.717, 1.165) is 42.8 Å². The third-order valence-electron chi connectivity index (χ3n) is 9.09. The lowest BCUT2D eigenvalue weighted by molar-refractivity contribution is 0.121. The minimum Gasteiger partial charge on any atom is -0.303 e. The molecule has 4 rings (SSSR count). The number of rotatable bonds is 9. The van der Waals surface area contributed by atoms with E-state index in [1.54, 1.807) is 0 Å². The number of halogens is 1. The number of hydrogen-bond acceptors (Lipinski definition) is 3. The molecule has 2 saturated carbocycles. The van der Waals surface area contributed by atoms with Crippen molar-refractivity contribution in [1.29, 1.82) is 0 Å². The van der Waals surface area contributed by atoms with E-state index in [0.29, 0.717) is 22.5 Å².